The Hall–Kier alpha value is -1.95. The van der Waals surface area contributed by atoms with E-state index in [-0.39, 0.29) is 24.2 Å². The Morgan fingerprint density at radius 3 is 3.00 bits per heavy atom. The molecule has 1 aliphatic rings. The maximum atomic E-state index is 13.9. The number of likely N-dealkylation sites (tertiary alicyclic amines) is 1. The second-order valence-electron chi connectivity index (χ2n) is 5.62. The third kappa shape index (κ3) is 2.90. The molecule has 6 heteroatoms. The second-order valence-corrected chi connectivity index (χ2v) is 5.62. The minimum atomic E-state index is -0.335. The molecule has 1 aromatic carbocycles. The summed E-state index contributed by atoms with van der Waals surface area (Å²) in [6.45, 7) is 2.04. The molecule has 1 aliphatic heterocycles. The predicted molar refractivity (Wildman–Crippen MR) is 78.1 cm³/mol. The van der Waals surface area contributed by atoms with Crippen molar-refractivity contribution >= 4 is 16.9 Å². The number of fused-ring (bicyclic) bond motifs is 1. The zero-order valence-electron chi connectivity index (χ0n) is 12.0. The van der Waals surface area contributed by atoms with Crippen LogP contribution in [0, 0.1) is 11.7 Å². The lowest BCUT2D eigenvalue weighted by molar-refractivity contribution is -0.126. The van der Waals surface area contributed by atoms with Crippen LogP contribution >= 0.6 is 0 Å². The van der Waals surface area contributed by atoms with E-state index in [0.29, 0.717) is 11.1 Å². The topological polar surface area (TPSA) is 61.0 Å². The van der Waals surface area contributed by atoms with Crippen molar-refractivity contribution in [1.29, 1.82) is 0 Å². The second kappa shape index (κ2) is 5.81. The Labute approximate surface area is 122 Å². The molecule has 0 unspecified atom stereocenters. The molecule has 1 saturated heterocycles. The van der Waals surface area contributed by atoms with Crippen molar-refractivity contribution in [1.82, 2.24) is 20.2 Å². The Kier molecular flexibility index (Phi) is 3.88. The van der Waals surface area contributed by atoms with Crippen molar-refractivity contribution in [3.8, 4) is 0 Å². The molecule has 2 aromatic rings. The molecular weight excluding hydrogens is 271 g/mol. The highest BCUT2D eigenvalue weighted by atomic mass is 19.1. The van der Waals surface area contributed by atoms with E-state index in [2.05, 4.69) is 27.2 Å². The summed E-state index contributed by atoms with van der Waals surface area (Å²) >= 11 is 0. The number of nitrogens with one attached hydrogen (secondary N) is 2. The number of imidazole rings is 1. The van der Waals surface area contributed by atoms with E-state index in [9.17, 15) is 9.18 Å². The van der Waals surface area contributed by atoms with Crippen LogP contribution in [0.25, 0.3) is 11.0 Å². The van der Waals surface area contributed by atoms with Crippen molar-refractivity contribution in [2.45, 2.75) is 19.4 Å². The first-order chi connectivity index (χ1) is 10.1. The Morgan fingerprint density at radius 2 is 2.24 bits per heavy atom. The minimum Gasteiger partial charge on any atom is -0.352 e. The van der Waals surface area contributed by atoms with E-state index in [4.69, 9.17) is 0 Å². The molecule has 0 saturated carbocycles. The van der Waals surface area contributed by atoms with Crippen LogP contribution in [-0.2, 0) is 11.3 Å². The quantitative estimate of drug-likeness (QED) is 0.904. The molecule has 0 atom stereocenters. The fourth-order valence-corrected chi connectivity index (χ4v) is 2.80. The monoisotopic (exact) mass is 290 g/mol. The maximum Gasteiger partial charge on any atom is 0.223 e. The number of nitrogens with zero attached hydrogens (tertiary/aromatic N) is 2. The SMILES string of the molecule is CN1CCC(C(=O)NCc2c(F)ccc3[nH]cnc23)CC1. The number of benzene rings is 1. The molecule has 2 heterocycles. The van der Waals surface area contributed by atoms with Crippen molar-refractivity contribution in [2.24, 2.45) is 5.92 Å². The summed E-state index contributed by atoms with van der Waals surface area (Å²) in [7, 11) is 2.06. The number of hydrogen-bond donors (Lipinski definition) is 2. The highest BCUT2D eigenvalue weighted by Gasteiger charge is 2.23. The summed E-state index contributed by atoms with van der Waals surface area (Å²) in [6, 6.07) is 3.05. The Bertz CT molecular complexity index is 646. The number of aromatic nitrogens is 2. The van der Waals surface area contributed by atoms with Crippen LogP contribution in [0.4, 0.5) is 4.39 Å². The van der Waals surface area contributed by atoms with E-state index in [0.717, 1.165) is 31.4 Å². The fraction of sp³-hybridized carbons (Fsp3) is 0.467. The standard InChI is InChI=1S/C15H19FN4O/c1-20-6-4-10(5-7-20)15(21)17-8-11-12(16)2-3-13-14(11)19-9-18-13/h2-3,9-10H,4-8H2,1H3,(H,17,21)(H,18,19). The number of H-pyrrole nitrogens is 1. The Morgan fingerprint density at radius 1 is 1.48 bits per heavy atom. The van der Waals surface area contributed by atoms with Crippen LogP contribution in [0.1, 0.15) is 18.4 Å². The van der Waals surface area contributed by atoms with E-state index < -0.39 is 0 Å². The Balaban J connectivity index is 1.67. The van der Waals surface area contributed by atoms with Crippen LogP contribution < -0.4 is 5.32 Å². The number of aromatic amines is 1. The van der Waals surface area contributed by atoms with Gasteiger partial charge in [0.15, 0.2) is 0 Å². The van der Waals surface area contributed by atoms with Gasteiger partial charge in [-0.05, 0) is 45.1 Å². The molecule has 0 bridgehead atoms. The van der Waals surface area contributed by atoms with Gasteiger partial charge in [-0.25, -0.2) is 9.37 Å². The van der Waals surface area contributed by atoms with Gasteiger partial charge in [-0.3, -0.25) is 4.79 Å². The van der Waals surface area contributed by atoms with Crippen LogP contribution in [0.2, 0.25) is 0 Å². The number of hydrogen-bond acceptors (Lipinski definition) is 3. The third-order valence-electron chi connectivity index (χ3n) is 4.17. The summed E-state index contributed by atoms with van der Waals surface area (Å²) in [4.78, 5) is 21.5. The predicted octanol–water partition coefficient (Wildman–Crippen LogP) is 1.66. The van der Waals surface area contributed by atoms with Gasteiger partial charge in [-0.1, -0.05) is 0 Å². The first-order valence-electron chi connectivity index (χ1n) is 7.22. The summed E-state index contributed by atoms with van der Waals surface area (Å²) in [5, 5.41) is 2.85. The maximum absolute atomic E-state index is 13.9. The zero-order chi connectivity index (χ0) is 14.8. The van der Waals surface area contributed by atoms with Crippen molar-refractivity contribution in [3.63, 3.8) is 0 Å². The highest BCUT2D eigenvalue weighted by Crippen LogP contribution is 2.20. The molecule has 1 aromatic heterocycles. The number of halogens is 1. The van der Waals surface area contributed by atoms with Gasteiger partial charge in [-0.2, -0.15) is 0 Å². The summed E-state index contributed by atoms with van der Waals surface area (Å²) in [5.74, 6) is -0.295. The van der Waals surface area contributed by atoms with Crippen LogP contribution in [0.3, 0.4) is 0 Å². The number of amides is 1. The minimum absolute atomic E-state index is 0.00930. The number of carbonyl (C=O) groups is 1. The molecule has 1 amide bonds. The zero-order valence-corrected chi connectivity index (χ0v) is 12.0. The average Bonchev–Trinajstić information content (AvgIpc) is 2.95. The number of carbonyl (C=O) groups excluding carboxylic acids is 1. The lowest BCUT2D eigenvalue weighted by Gasteiger charge is -2.28. The van der Waals surface area contributed by atoms with E-state index in [1.807, 2.05) is 0 Å². The molecule has 112 valence electrons. The molecule has 21 heavy (non-hydrogen) atoms. The van der Waals surface area contributed by atoms with Crippen LogP contribution in [0.15, 0.2) is 18.5 Å². The molecule has 2 N–H and O–H groups in total. The van der Waals surface area contributed by atoms with Crippen molar-refractivity contribution < 1.29 is 9.18 Å². The molecule has 0 radical (unpaired) electrons. The van der Waals surface area contributed by atoms with Crippen molar-refractivity contribution in [2.75, 3.05) is 20.1 Å². The van der Waals surface area contributed by atoms with E-state index in [1.165, 1.54) is 12.4 Å². The molecule has 3 rings (SSSR count). The highest BCUT2D eigenvalue weighted by molar-refractivity contribution is 5.81. The molecule has 5 nitrogen and oxygen atoms in total. The molecular formula is C15H19FN4O. The summed E-state index contributed by atoms with van der Waals surface area (Å²) in [5.41, 5.74) is 1.80. The summed E-state index contributed by atoms with van der Waals surface area (Å²) < 4.78 is 13.9. The smallest absolute Gasteiger partial charge is 0.223 e. The van der Waals surface area contributed by atoms with E-state index >= 15 is 0 Å². The summed E-state index contributed by atoms with van der Waals surface area (Å²) in [6.07, 6.45) is 3.25. The molecule has 0 aliphatic carbocycles. The number of piperidine rings is 1. The van der Waals surface area contributed by atoms with Gasteiger partial charge < -0.3 is 15.2 Å². The average molecular weight is 290 g/mol. The lowest BCUT2D eigenvalue weighted by atomic mass is 9.96. The first-order valence-corrected chi connectivity index (χ1v) is 7.22. The van der Waals surface area contributed by atoms with Gasteiger partial charge in [0.05, 0.1) is 17.4 Å². The van der Waals surface area contributed by atoms with Gasteiger partial charge in [0.25, 0.3) is 0 Å². The van der Waals surface area contributed by atoms with Crippen LogP contribution in [0.5, 0.6) is 0 Å². The van der Waals surface area contributed by atoms with Crippen molar-refractivity contribution in [3.05, 3.63) is 29.8 Å². The van der Waals surface area contributed by atoms with Gasteiger partial charge in [0.2, 0.25) is 5.91 Å². The lowest BCUT2D eigenvalue weighted by Crippen LogP contribution is -2.38. The normalized spacial score (nSPS) is 17.2. The largest absolute Gasteiger partial charge is 0.352 e. The van der Waals surface area contributed by atoms with Gasteiger partial charge in [-0.15, -0.1) is 0 Å². The first kappa shape index (κ1) is 14.0. The molecule has 0 spiro atoms. The van der Waals surface area contributed by atoms with E-state index in [1.54, 1.807) is 6.07 Å². The van der Waals surface area contributed by atoms with Gasteiger partial charge >= 0.3 is 0 Å². The molecule has 1 fully saturated rings. The van der Waals surface area contributed by atoms with Gasteiger partial charge in [0, 0.05) is 18.0 Å². The third-order valence-corrected chi connectivity index (χ3v) is 4.17. The van der Waals surface area contributed by atoms with Crippen LogP contribution in [-0.4, -0.2) is 40.9 Å². The fourth-order valence-electron chi connectivity index (χ4n) is 2.80. The number of rotatable bonds is 3. The van der Waals surface area contributed by atoms with Gasteiger partial charge in [0.1, 0.15) is 5.82 Å².